The molecule has 3 aromatic rings. The third-order valence-electron chi connectivity index (χ3n) is 5.79. The summed E-state index contributed by atoms with van der Waals surface area (Å²) in [5, 5.41) is 9.61. The van der Waals surface area contributed by atoms with E-state index in [1.807, 2.05) is 0 Å². The van der Waals surface area contributed by atoms with Gasteiger partial charge in [0.1, 0.15) is 11.2 Å². The van der Waals surface area contributed by atoms with Crippen LogP contribution in [0.1, 0.15) is 37.3 Å². The highest BCUT2D eigenvalue weighted by Crippen LogP contribution is 2.44. The topological polar surface area (TPSA) is 102 Å². The van der Waals surface area contributed by atoms with Crippen molar-refractivity contribution in [3.05, 3.63) is 35.7 Å². The Bertz CT molecular complexity index is 1340. The summed E-state index contributed by atoms with van der Waals surface area (Å²) in [7, 11) is -2.23. The highest BCUT2D eigenvalue weighted by atomic mass is 32.2. The molecule has 0 saturated heterocycles. The smallest absolute Gasteiger partial charge is 0.310 e. The lowest BCUT2D eigenvalue weighted by Crippen LogP contribution is -2.32. The van der Waals surface area contributed by atoms with Crippen LogP contribution >= 0.6 is 0 Å². The van der Waals surface area contributed by atoms with Gasteiger partial charge < -0.3 is 4.57 Å². The van der Waals surface area contributed by atoms with Gasteiger partial charge in [-0.05, 0) is 37.0 Å². The molecular weight excluding hydrogens is 431 g/mol. The number of halogens is 3. The van der Waals surface area contributed by atoms with E-state index in [0.717, 1.165) is 12.5 Å². The van der Waals surface area contributed by atoms with Gasteiger partial charge in [0.2, 0.25) is 0 Å². The number of fused-ring (bicyclic) bond motifs is 1. The van der Waals surface area contributed by atoms with E-state index in [-0.39, 0.29) is 33.3 Å². The lowest BCUT2D eigenvalue weighted by molar-refractivity contribution is -0.137. The fourth-order valence-electron chi connectivity index (χ4n) is 3.71. The lowest BCUT2D eigenvalue weighted by atomic mass is 9.66. The van der Waals surface area contributed by atoms with Crippen molar-refractivity contribution in [1.29, 1.82) is 5.26 Å². The van der Waals surface area contributed by atoms with Crippen molar-refractivity contribution in [1.82, 2.24) is 19.5 Å². The molecule has 0 radical (unpaired) electrons. The van der Waals surface area contributed by atoms with Gasteiger partial charge >= 0.3 is 6.18 Å². The van der Waals surface area contributed by atoms with Crippen LogP contribution < -0.4 is 0 Å². The molecule has 0 unspecified atom stereocenters. The van der Waals surface area contributed by atoms with Gasteiger partial charge in [-0.25, -0.2) is 18.4 Å². The first-order chi connectivity index (χ1) is 14.5. The SMILES string of the molecule is CCS(=O)(=O)c1cc(C2(C#N)CCC2)cnc1-c1nc2cc(C(F)(F)F)cnc2n1C. The molecule has 1 aliphatic carbocycles. The maximum Gasteiger partial charge on any atom is 0.417 e. The lowest BCUT2D eigenvalue weighted by Gasteiger charge is -2.35. The number of alkyl halides is 3. The predicted molar refractivity (Wildman–Crippen MR) is 106 cm³/mol. The Kier molecular flexibility index (Phi) is 4.81. The van der Waals surface area contributed by atoms with Gasteiger partial charge in [-0.1, -0.05) is 6.92 Å². The number of pyridine rings is 2. The summed E-state index contributed by atoms with van der Waals surface area (Å²) < 4.78 is 66.3. The second kappa shape index (κ2) is 7.02. The Balaban J connectivity index is 1.94. The monoisotopic (exact) mass is 449 g/mol. The maximum absolute atomic E-state index is 13.0. The standard InChI is InChI=1S/C20H18F3N5O2S/c1-3-31(29,30)15-8-12(19(11-24)5-4-6-19)9-25-16(15)18-27-14-7-13(20(21,22)23)10-26-17(14)28(18)2/h7-10H,3-6H2,1-2H3. The zero-order chi connectivity index (χ0) is 22.6. The van der Waals surface area contributed by atoms with Crippen molar-refractivity contribution < 1.29 is 21.6 Å². The first-order valence-electron chi connectivity index (χ1n) is 9.57. The Morgan fingerprint density at radius 1 is 1.23 bits per heavy atom. The normalized spacial score (nSPS) is 16.1. The molecule has 0 bridgehead atoms. The molecule has 11 heteroatoms. The molecule has 1 aliphatic rings. The summed E-state index contributed by atoms with van der Waals surface area (Å²) in [4.78, 5) is 12.3. The molecule has 0 atom stereocenters. The molecule has 0 aliphatic heterocycles. The van der Waals surface area contributed by atoms with E-state index in [2.05, 4.69) is 21.0 Å². The molecule has 0 aromatic carbocycles. The Morgan fingerprint density at radius 3 is 2.48 bits per heavy atom. The fourth-order valence-corrected chi connectivity index (χ4v) is 4.76. The van der Waals surface area contributed by atoms with E-state index < -0.39 is 27.0 Å². The number of hydrogen-bond acceptors (Lipinski definition) is 6. The summed E-state index contributed by atoms with van der Waals surface area (Å²) in [5.74, 6) is -0.120. The van der Waals surface area contributed by atoms with E-state index in [9.17, 15) is 26.9 Å². The van der Waals surface area contributed by atoms with Gasteiger partial charge in [-0.2, -0.15) is 18.4 Å². The summed E-state index contributed by atoms with van der Waals surface area (Å²) in [6, 6.07) is 4.59. The number of nitrogens with zero attached hydrogens (tertiary/aromatic N) is 5. The van der Waals surface area contributed by atoms with E-state index in [1.54, 1.807) is 0 Å². The summed E-state index contributed by atoms with van der Waals surface area (Å²) in [6.45, 7) is 1.49. The number of nitriles is 1. The van der Waals surface area contributed by atoms with Crippen LogP contribution in [0.15, 0.2) is 29.4 Å². The molecular formula is C20H18F3N5O2S. The number of sulfone groups is 1. The van der Waals surface area contributed by atoms with Crippen LogP contribution in [-0.4, -0.2) is 33.7 Å². The maximum atomic E-state index is 13.0. The minimum absolute atomic E-state index is 0.0204. The largest absolute Gasteiger partial charge is 0.417 e. The number of hydrogen-bond donors (Lipinski definition) is 0. The van der Waals surface area contributed by atoms with Crippen molar-refractivity contribution >= 4 is 21.0 Å². The van der Waals surface area contributed by atoms with Gasteiger partial charge in [-0.15, -0.1) is 0 Å². The second-order valence-electron chi connectivity index (χ2n) is 7.58. The molecule has 4 rings (SSSR count). The van der Waals surface area contributed by atoms with Gasteiger partial charge in [0.25, 0.3) is 0 Å². The average molecular weight is 449 g/mol. The molecule has 31 heavy (non-hydrogen) atoms. The van der Waals surface area contributed by atoms with Gasteiger partial charge in [0, 0.05) is 19.4 Å². The number of aryl methyl sites for hydroxylation is 1. The Morgan fingerprint density at radius 2 is 1.94 bits per heavy atom. The second-order valence-corrected chi connectivity index (χ2v) is 9.83. The van der Waals surface area contributed by atoms with Crippen LogP contribution in [0.25, 0.3) is 22.7 Å². The van der Waals surface area contributed by atoms with Crippen molar-refractivity contribution in [3.8, 4) is 17.6 Å². The van der Waals surface area contributed by atoms with E-state index in [0.29, 0.717) is 24.6 Å². The highest BCUT2D eigenvalue weighted by Gasteiger charge is 2.40. The van der Waals surface area contributed by atoms with Crippen LogP contribution in [0, 0.1) is 11.3 Å². The summed E-state index contributed by atoms with van der Waals surface area (Å²) >= 11 is 0. The fraction of sp³-hybridized carbons (Fsp3) is 0.400. The Labute approximate surface area is 176 Å². The molecule has 1 saturated carbocycles. The van der Waals surface area contributed by atoms with Crippen LogP contribution in [0.5, 0.6) is 0 Å². The molecule has 1 fully saturated rings. The van der Waals surface area contributed by atoms with Crippen LogP contribution in [0.2, 0.25) is 0 Å². The number of aromatic nitrogens is 4. The third kappa shape index (κ3) is 3.35. The molecule has 7 nitrogen and oxygen atoms in total. The van der Waals surface area contributed by atoms with Gasteiger partial charge in [0.05, 0.1) is 27.7 Å². The van der Waals surface area contributed by atoms with Crippen molar-refractivity contribution in [2.75, 3.05) is 5.75 Å². The molecule has 3 aromatic heterocycles. The molecule has 0 spiro atoms. The first-order valence-corrected chi connectivity index (χ1v) is 11.2. The van der Waals surface area contributed by atoms with Crippen LogP contribution in [0.4, 0.5) is 13.2 Å². The molecule has 0 amide bonds. The zero-order valence-electron chi connectivity index (χ0n) is 16.7. The first kappa shape index (κ1) is 21.2. The quantitative estimate of drug-likeness (QED) is 0.601. The summed E-state index contributed by atoms with van der Waals surface area (Å²) in [5.41, 5.74) is -1.03. The van der Waals surface area contributed by atoms with Crippen molar-refractivity contribution in [2.45, 2.75) is 42.7 Å². The number of imidazole rings is 1. The zero-order valence-corrected chi connectivity index (χ0v) is 17.5. The minimum Gasteiger partial charge on any atom is -0.310 e. The van der Waals surface area contributed by atoms with E-state index in [4.69, 9.17) is 0 Å². The van der Waals surface area contributed by atoms with E-state index >= 15 is 0 Å². The molecule has 3 heterocycles. The third-order valence-corrected chi connectivity index (χ3v) is 7.53. The Hall–Kier alpha value is -3.00. The average Bonchev–Trinajstić information content (AvgIpc) is 3.03. The van der Waals surface area contributed by atoms with Crippen LogP contribution in [0.3, 0.4) is 0 Å². The molecule has 162 valence electrons. The molecule has 0 N–H and O–H groups in total. The van der Waals surface area contributed by atoms with Crippen molar-refractivity contribution in [2.24, 2.45) is 7.05 Å². The predicted octanol–water partition coefficient (Wildman–Crippen LogP) is 3.79. The van der Waals surface area contributed by atoms with Gasteiger partial charge in [0.15, 0.2) is 21.3 Å². The number of rotatable bonds is 4. The minimum atomic E-state index is -4.58. The summed E-state index contributed by atoms with van der Waals surface area (Å²) in [6.07, 6.45) is -0.312. The van der Waals surface area contributed by atoms with Gasteiger partial charge in [-0.3, -0.25) is 4.98 Å². The van der Waals surface area contributed by atoms with Crippen LogP contribution in [-0.2, 0) is 28.5 Å². The highest BCUT2D eigenvalue weighted by molar-refractivity contribution is 7.91. The van der Waals surface area contributed by atoms with E-state index in [1.165, 1.54) is 30.8 Å². The van der Waals surface area contributed by atoms with Crippen molar-refractivity contribution in [3.63, 3.8) is 0 Å².